The van der Waals surface area contributed by atoms with Crippen LogP contribution in [0.1, 0.15) is 23.6 Å². The summed E-state index contributed by atoms with van der Waals surface area (Å²) in [4.78, 5) is 18.6. The highest BCUT2D eigenvalue weighted by Crippen LogP contribution is 2.19. The number of amides is 2. The number of benzene rings is 2. The van der Waals surface area contributed by atoms with Crippen LogP contribution in [0.4, 0.5) is 10.5 Å². The van der Waals surface area contributed by atoms with Crippen LogP contribution in [-0.4, -0.2) is 22.1 Å². The lowest BCUT2D eigenvalue weighted by Gasteiger charge is -2.23. The van der Waals surface area contributed by atoms with Gasteiger partial charge in [-0.15, -0.1) is 0 Å². The minimum absolute atomic E-state index is 0.0840. The molecule has 1 heterocycles. The lowest BCUT2D eigenvalue weighted by atomic mass is 10.1. The molecule has 1 N–H and O–H groups in total. The van der Waals surface area contributed by atoms with Gasteiger partial charge >= 0.3 is 6.03 Å². The van der Waals surface area contributed by atoms with Crippen molar-refractivity contribution in [1.29, 1.82) is 0 Å². The number of anilines is 1. The van der Waals surface area contributed by atoms with Crippen LogP contribution in [0.15, 0.2) is 67.3 Å². The Morgan fingerprint density at radius 2 is 1.85 bits per heavy atom. The summed E-state index contributed by atoms with van der Waals surface area (Å²) in [5, 5.41) is 3.06. The van der Waals surface area contributed by atoms with Crippen molar-refractivity contribution in [2.24, 2.45) is 0 Å². The number of rotatable bonds is 6. The second-order valence-electron chi connectivity index (χ2n) is 6.19. The van der Waals surface area contributed by atoms with Crippen molar-refractivity contribution in [2.75, 3.05) is 11.4 Å². The minimum Gasteiger partial charge on any atom is -0.334 e. The monoisotopic (exact) mass is 348 g/mol. The number of urea groups is 1. The zero-order valence-corrected chi connectivity index (χ0v) is 15.2. The molecule has 1 aromatic heterocycles. The number of hydrogen-bond acceptors (Lipinski definition) is 2. The molecule has 0 saturated heterocycles. The van der Waals surface area contributed by atoms with E-state index < -0.39 is 0 Å². The fraction of sp³-hybridized carbons (Fsp3) is 0.238. The largest absolute Gasteiger partial charge is 0.334 e. The van der Waals surface area contributed by atoms with E-state index in [2.05, 4.69) is 22.4 Å². The van der Waals surface area contributed by atoms with Gasteiger partial charge in [0.1, 0.15) is 0 Å². The summed E-state index contributed by atoms with van der Waals surface area (Å²) in [5.74, 6) is 0. The van der Waals surface area contributed by atoms with Crippen molar-refractivity contribution in [3.8, 4) is 0 Å². The van der Waals surface area contributed by atoms with Crippen molar-refractivity contribution in [3.05, 3.63) is 83.9 Å². The molecule has 0 saturated carbocycles. The molecule has 0 spiro atoms. The number of imidazole rings is 1. The maximum absolute atomic E-state index is 12.7. The second kappa shape index (κ2) is 8.34. The Morgan fingerprint density at radius 3 is 2.54 bits per heavy atom. The highest BCUT2D eigenvalue weighted by Gasteiger charge is 2.15. The van der Waals surface area contributed by atoms with Gasteiger partial charge in [-0.1, -0.05) is 42.5 Å². The Bertz CT molecular complexity index is 858. The number of nitrogens with zero attached hydrogens (tertiary/aromatic N) is 3. The quantitative estimate of drug-likeness (QED) is 0.733. The van der Waals surface area contributed by atoms with Crippen molar-refractivity contribution in [2.45, 2.75) is 26.9 Å². The molecule has 0 aliphatic rings. The van der Waals surface area contributed by atoms with E-state index in [1.165, 1.54) is 5.56 Å². The van der Waals surface area contributed by atoms with E-state index in [4.69, 9.17) is 0 Å². The highest BCUT2D eigenvalue weighted by atomic mass is 16.2. The third-order valence-corrected chi connectivity index (χ3v) is 4.43. The molecule has 0 bridgehead atoms. The minimum atomic E-state index is -0.0840. The van der Waals surface area contributed by atoms with Crippen molar-refractivity contribution < 1.29 is 4.79 Å². The zero-order chi connectivity index (χ0) is 18.4. The Balaban J connectivity index is 1.70. The molecular formula is C21H24N4O. The van der Waals surface area contributed by atoms with E-state index >= 15 is 0 Å². The number of carbonyl (C=O) groups is 1. The van der Waals surface area contributed by atoms with Gasteiger partial charge in [0.2, 0.25) is 0 Å². The first kappa shape index (κ1) is 17.7. The fourth-order valence-corrected chi connectivity index (χ4v) is 3.02. The SMILES string of the molecule is CCN(C(=O)NCc1ccccc1Cn1ccnc1)c1ccccc1C. The second-order valence-corrected chi connectivity index (χ2v) is 6.19. The van der Waals surface area contributed by atoms with Crippen molar-refractivity contribution in [3.63, 3.8) is 0 Å². The standard InChI is InChI=1S/C21H24N4O/c1-3-25(20-11-7-4-8-17(20)2)21(26)23-14-18-9-5-6-10-19(18)15-24-13-12-22-16-24/h4-13,16H,3,14-15H2,1-2H3,(H,23,26). The Morgan fingerprint density at radius 1 is 1.12 bits per heavy atom. The van der Waals surface area contributed by atoms with E-state index in [1.54, 1.807) is 17.4 Å². The van der Waals surface area contributed by atoms with Gasteiger partial charge in [0, 0.05) is 37.7 Å². The lowest BCUT2D eigenvalue weighted by Crippen LogP contribution is -2.40. The maximum Gasteiger partial charge on any atom is 0.322 e. The molecule has 0 radical (unpaired) electrons. The molecule has 5 heteroatoms. The molecule has 0 aliphatic heterocycles. The third-order valence-electron chi connectivity index (χ3n) is 4.43. The first-order valence-electron chi connectivity index (χ1n) is 8.82. The van der Waals surface area contributed by atoms with E-state index in [0.29, 0.717) is 13.1 Å². The summed E-state index contributed by atoms with van der Waals surface area (Å²) in [6.07, 6.45) is 5.50. The Labute approximate surface area is 154 Å². The van der Waals surface area contributed by atoms with Crippen molar-refractivity contribution in [1.82, 2.24) is 14.9 Å². The highest BCUT2D eigenvalue weighted by molar-refractivity contribution is 5.92. The molecular weight excluding hydrogens is 324 g/mol. The van der Waals surface area contributed by atoms with Gasteiger partial charge in [0.25, 0.3) is 0 Å². The summed E-state index contributed by atoms with van der Waals surface area (Å²) in [6, 6.07) is 16.0. The van der Waals surface area contributed by atoms with Crippen LogP contribution >= 0.6 is 0 Å². The Hall–Kier alpha value is -3.08. The van der Waals surface area contributed by atoms with Crippen LogP contribution in [0.3, 0.4) is 0 Å². The molecule has 134 valence electrons. The first-order valence-corrected chi connectivity index (χ1v) is 8.82. The number of aryl methyl sites for hydroxylation is 1. The van der Waals surface area contributed by atoms with Crippen LogP contribution < -0.4 is 10.2 Å². The molecule has 26 heavy (non-hydrogen) atoms. The van der Waals surface area contributed by atoms with Gasteiger partial charge in [-0.25, -0.2) is 9.78 Å². The summed E-state index contributed by atoms with van der Waals surface area (Å²) in [5.41, 5.74) is 4.31. The van der Waals surface area contributed by atoms with Gasteiger partial charge in [-0.05, 0) is 36.6 Å². The van der Waals surface area contributed by atoms with E-state index in [-0.39, 0.29) is 6.03 Å². The lowest BCUT2D eigenvalue weighted by molar-refractivity contribution is 0.246. The van der Waals surface area contributed by atoms with Crippen LogP contribution in [-0.2, 0) is 13.1 Å². The summed E-state index contributed by atoms with van der Waals surface area (Å²) in [7, 11) is 0. The molecule has 3 rings (SSSR count). The predicted octanol–water partition coefficient (Wildman–Crippen LogP) is 3.98. The zero-order valence-electron chi connectivity index (χ0n) is 15.2. The van der Waals surface area contributed by atoms with Gasteiger partial charge in [0.15, 0.2) is 0 Å². The molecule has 0 atom stereocenters. The Kier molecular flexibility index (Phi) is 5.69. The predicted molar refractivity (Wildman–Crippen MR) is 104 cm³/mol. The summed E-state index contributed by atoms with van der Waals surface area (Å²) in [6.45, 7) is 5.85. The summed E-state index contributed by atoms with van der Waals surface area (Å²) >= 11 is 0. The average molecular weight is 348 g/mol. The van der Waals surface area contributed by atoms with Crippen LogP contribution in [0.2, 0.25) is 0 Å². The molecule has 0 aliphatic carbocycles. The smallest absolute Gasteiger partial charge is 0.322 e. The van der Waals surface area contributed by atoms with E-state index in [9.17, 15) is 4.79 Å². The topological polar surface area (TPSA) is 50.2 Å². The number of para-hydroxylation sites is 1. The van der Waals surface area contributed by atoms with Crippen molar-refractivity contribution >= 4 is 11.7 Å². The fourth-order valence-electron chi connectivity index (χ4n) is 3.02. The number of aromatic nitrogens is 2. The van der Waals surface area contributed by atoms with E-state index in [1.807, 2.05) is 61.0 Å². The van der Waals surface area contributed by atoms with Gasteiger partial charge in [-0.2, -0.15) is 0 Å². The summed E-state index contributed by atoms with van der Waals surface area (Å²) < 4.78 is 2.02. The average Bonchev–Trinajstić information content (AvgIpc) is 3.16. The number of carbonyl (C=O) groups excluding carboxylic acids is 1. The number of nitrogens with one attached hydrogen (secondary N) is 1. The third kappa shape index (κ3) is 4.11. The molecule has 2 amide bonds. The molecule has 3 aromatic rings. The van der Waals surface area contributed by atoms with Crippen LogP contribution in [0.25, 0.3) is 0 Å². The van der Waals surface area contributed by atoms with Crippen LogP contribution in [0.5, 0.6) is 0 Å². The molecule has 0 fully saturated rings. The maximum atomic E-state index is 12.7. The molecule has 5 nitrogen and oxygen atoms in total. The molecule has 2 aromatic carbocycles. The van der Waals surface area contributed by atoms with Crippen LogP contribution in [0, 0.1) is 6.92 Å². The van der Waals surface area contributed by atoms with Gasteiger partial charge in [-0.3, -0.25) is 4.90 Å². The first-order chi connectivity index (χ1) is 12.7. The van der Waals surface area contributed by atoms with Gasteiger partial charge < -0.3 is 9.88 Å². The number of hydrogen-bond donors (Lipinski definition) is 1. The normalized spacial score (nSPS) is 10.5. The molecule has 0 unspecified atom stereocenters. The van der Waals surface area contributed by atoms with E-state index in [0.717, 1.165) is 23.4 Å². The van der Waals surface area contributed by atoms with Gasteiger partial charge in [0.05, 0.1) is 6.33 Å².